The maximum atomic E-state index is 5.81. The first kappa shape index (κ1) is 10.5. The van der Waals surface area contributed by atoms with Crippen LogP contribution in [0.15, 0.2) is 18.2 Å². The van der Waals surface area contributed by atoms with Crippen molar-refractivity contribution in [1.29, 1.82) is 0 Å². The summed E-state index contributed by atoms with van der Waals surface area (Å²) < 4.78 is 5.81. The third-order valence-electron chi connectivity index (χ3n) is 3.23. The summed E-state index contributed by atoms with van der Waals surface area (Å²) in [5, 5.41) is 14.0. The average molecular weight is 232 g/mol. The van der Waals surface area contributed by atoms with Crippen LogP contribution in [0.25, 0.3) is 11.0 Å². The molecule has 5 nitrogen and oxygen atoms in total. The SMILES string of the molecule is c1cc2n[nH]nc2cc1OCC1CCNCC1. The Bertz CT molecular complexity index is 490. The Morgan fingerprint density at radius 2 is 2.00 bits per heavy atom. The van der Waals surface area contributed by atoms with Crippen molar-refractivity contribution in [1.82, 2.24) is 20.7 Å². The van der Waals surface area contributed by atoms with E-state index < -0.39 is 0 Å². The molecule has 1 aliphatic rings. The van der Waals surface area contributed by atoms with Gasteiger partial charge in [0.25, 0.3) is 0 Å². The van der Waals surface area contributed by atoms with Crippen molar-refractivity contribution >= 4 is 11.0 Å². The lowest BCUT2D eigenvalue weighted by Gasteiger charge is -2.22. The molecule has 0 atom stereocenters. The van der Waals surface area contributed by atoms with Gasteiger partial charge in [0, 0.05) is 6.07 Å². The number of piperidine rings is 1. The predicted octanol–water partition coefficient (Wildman–Crippen LogP) is 1.34. The molecule has 5 heteroatoms. The number of nitrogens with zero attached hydrogens (tertiary/aromatic N) is 2. The van der Waals surface area contributed by atoms with Crippen molar-refractivity contribution in [3.05, 3.63) is 18.2 Å². The van der Waals surface area contributed by atoms with Crippen LogP contribution in [0.5, 0.6) is 5.75 Å². The van der Waals surface area contributed by atoms with Gasteiger partial charge in [0.05, 0.1) is 6.61 Å². The van der Waals surface area contributed by atoms with E-state index in [0.29, 0.717) is 5.92 Å². The first-order valence-electron chi connectivity index (χ1n) is 6.06. The summed E-state index contributed by atoms with van der Waals surface area (Å²) in [7, 11) is 0. The molecule has 2 aromatic rings. The van der Waals surface area contributed by atoms with Crippen LogP contribution in [0.2, 0.25) is 0 Å². The topological polar surface area (TPSA) is 62.8 Å². The molecule has 1 aromatic carbocycles. The Kier molecular flexibility index (Phi) is 2.92. The molecule has 0 spiro atoms. The van der Waals surface area contributed by atoms with Crippen LogP contribution in [0, 0.1) is 5.92 Å². The van der Waals surface area contributed by atoms with Crippen molar-refractivity contribution in [3.63, 3.8) is 0 Å². The van der Waals surface area contributed by atoms with Crippen molar-refractivity contribution in [3.8, 4) is 5.75 Å². The Morgan fingerprint density at radius 1 is 1.18 bits per heavy atom. The number of ether oxygens (including phenoxy) is 1. The number of hydrogen-bond acceptors (Lipinski definition) is 4. The summed E-state index contributed by atoms with van der Waals surface area (Å²) in [6.07, 6.45) is 2.40. The van der Waals surface area contributed by atoms with E-state index in [4.69, 9.17) is 4.74 Å². The summed E-state index contributed by atoms with van der Waals surface area (Å²) in [5.74, 6) is 1.55. The van der Waals surface area contributed by atoms with E-state index in [1.807, 2.05) is 18.2 Å². The Hall–Kier alpha value is -1.62. The molecule has 90 valence electrons. The Labute approximate surface area is 99.5 Å². The Morgan fingerprint density at radius 3 is 2.88 bits per heavy atom. The van der Waals surface area contributed by atoms with E-state index in [-0.39, 0.29) is 0 Å². The van der Waals surface area contributed by atoms with E-state index in [0.717, 1.165) is 36.5 Å². The van der Waals surface area contributed by atoms with Crippen LogP contribution in [0.4, 0.5) is 0 Å². The molecular weight excluding hydrogens is 216 g/mol. The molecule has 1 saturated heterocycles. The molecule has 0 saturated carbocycles. The summed E-state index contributed by atoms with van der Waals surface area (Å²) in [6, 6.07) is 5.81. The van der Waals surface area contributed by atoms with Crippen molar-refractivity contribution in [2.75, 3.05) is 19.7 Å². The third kappa shape index (κ3) is 2.39. The number of H-pyrrole nitrogens is 1. The fraction of sp³-hybridized carbons (Fsp3) is 0.500. The van der Waals surface area contributed by atoms with Gasteiger partial charge in [-0.3, -0.25) is 0 Å². The standard InChI is InChI=1S/C12H16N4O/c1-2-11-12(15-16-14-11)7-10(1)17-8-9-3-5-13-6-4-9/h1-2,7,9,13H,3-6,8H2,(H,14,15,16). The molecule has 2 N–H and O–H groups in total. The zero-order valence-electron chi connectivity index (χ0n) is 9.65. The highest BCUT2D eigenvalue weighted by molar-refractivity contribution is 5.75. The van der Waals surface area contributed by atoms with Gasteiger partial charge in [-0.15, -0.1) is 0 Å². The van der Waals surface area contributed by atoms with Crippen LogP contribution < -0.4 is 10.1 Å². The highest BCUT2D eigenvalue weighted by atomic mass is 16.5. The number of aromatic nitrogens is 3. The quantitative estimate of drug-likeness (QED) is 0.838. The zero-order valence-corrected chi connectivity index (χ0v) is 9.65. The zero-order chi connectivity index (χ0) is 11.5. The molecule has 0 aliphatic carbocycles. The average Bonchev–Trinajstić information content (AvgIpc) is 2.85. The fourth-order valence-electron chi connectivity index (χ4n) is 2.17. The van der Waals surface area contributed by atoms with Crippen molar-refractivity contribution in [2.45, 2.75) is 12.8 Å². The second-order valence-electron chi connectivity index (χ2n) is 4.48. The molecule has 1 aromatic heterocycles. The van der Waals surface area contributed by atoms with E-state index in [9.17, 15) is 0 Å². The van der Waals surface area contributed by atoms with Crippen LogP contribution in [-0.4, -0.2) is 35.1 Å². The summed E-state index contributed by atoms with van der Waals surface area (Å²) >= 11 is 0. The van der Waals surface area contributed by atoms with Crippen molar-refractivity contribution < 1.29 is 4.74 Å². The molecule has 0 radical (unpaired) electrons. The lowest BCUT2D eigenvalue weighted by Crippen LogP contribution is -2.30. The van der Waals surface area contributed by atoms with Gasteiger partial charge in [-0.05, 0) is 44.0 Å². The highest BCUT2D eigenvalue weighted by Crippen LogP contribution is 2.19. The molecule has 0 amide bonds. The third-order valence-corrected chi connectivity index (χ3v) is 3.23. The minimum Gasteiger partial charge on any atom is -0.493 e. The largest absolute Gasteiger partial charge is 0.493 e. The second-order valence-corrected chi connectivity index (χ2v) is 4.48. The predicted molar refractivity (Wildman–Crippen MR) is 65.0 cm³/mol. The lowest BCUT2D eigenvalue weighted by atomic mass is 9.99. The molecule has 3 rings (SSSR count). The number of rotatable bonds is 3. The first-order valence-corrected chi connectivity index (χ1v) is 6.06. The van der Waals surface area contributed by atoms with Crippen LogP contribution in [0.3, 0.4) is 0 Å². The molecule has 17 heavy (non-hydrogen) atoms. The maximum Gasteiger partial charge on any atom is 0.121 e. The molecule has 1 fully saturated rings. The van der Waals surface area contributed by atoms with Gasteiger partial charge in [0.15, 0.2) is 0 Å². The molecular formula is C12H16N4O. The van der Waals surface area contributed by atoms with Crippen LogP contribution in [-0.2, 0) is 0 Å². The van der Waals surface area contributed by atoms with Gasteiger partial charge < -0.3 is 10.1 Å². The Balaban J connectivity index is 1.63. The van der Waals surface area contributed by atoms with Gasteiger partial charge in [-0.1, -0.05) is 0 Å². The van der Waals surface area contributed by atoms with E-state index in [1.54, 1.807) is 0 Å². The molecule has 1 aliphatic heterocycles. The van der Waals surface area contributed by atoms with Gasteiger partial charge >= 0.3 is 0 Å². The lowest BCUT2D eigenvalue weighted by molar-refractivity contribution is 0.215. The van der Waals surface area contributed by atoms with E-state index >= 15 is 0 Å². The fourth-order valence-corrected chi connectivity index (χ4v) is 2.17. The summed E-state index contributed by atoms with van der Waals surface area (Å²) in [5.41, 5.74) is 1.73. The smallest absolute Gasteiger partial charge is 0.121 e. The van der Waals surface area contributed by atoms with Gasteiger partial charge in [0.1, 0.15) is 16.8 Å². The minimum absolute atomic E-state index is 0.671. The second kappa shape index (κ2) is 4.71. The van der Waals surface area contributed by atoms with Crippen LogP contribution in [0.1, 0.15) is 12.8 Å². The van der Waals surface area contributed by atoms with Crippen molar-refractivity contribution in [2.24, 2.45) is 5.92 Å². The normalized spacial score (nSPS) is 17.4. The first-order chi connectivity index (χ1) is 8.42. The number of fused-ring (bicyclic) bond motifs is 1. The summed E-state index contributed by atoms with van der Waals surface area (Å²) in [4.78, 5) is 0. The monoisotopic (exact) mass is 232 g/mol. The summed E-state index contributed by atoms with van der Waals surface area (Å²) in [6.45, 7) is 3.01. The highest BCUT2D eigenvalue weighted by Gasteiger charge is 2.13. The van der Waals surface area contributed by atoms with E-state index in [1.165, 1.54) is 12.8 Å². The van der Waals surface area contributed by atoms with Gasteiger partial charge in [-0.25, -0.2) is 0 Å². The number of aromatic amines is 1. The minimum atomic E-state index is 0.671. The number of benzene rings is 1. The molecule has 0 unspecified atom stereocenters. The van der Waals surface area contributed by atoms with Gasteiger partial charge in [-0.2, -0.15) is 15.4 Å². The number of nitrogens with one attached hydrogen (secondary N) is 2. The molecule has 0 bridgehead atoms. The maximum absolute atomic E-state index is 5.81. The number of hydrogen-bond donors (Lipinski definition) is 2. The molecule has 2 heterocycles. The van der Waals surface area contributed by atoms with E-state index in [2.05, 4.69) is 20.7 Å². The van der Waals surface area contributed by atoms with Gasteiger partial charge in [0.2, 0.25) is 0 Å². The van der Waals surface area contributed by atoms with Crippen LogP contribution >= 0.6 is 0 Å².